The van der Waals surface area contributed by atoms with Crippen molar-refractivity contribution in [2.45, 2.75) is 13.2 Å². The number of amides is 1. The summed E-state index contributed by atoms with van der Waals surface area (Å²) in [4.78, 5) is 9.83. The first-order valence-electron chi connectivity index (χ1n) is 2.24. The van der Waals surface area contributed by atoms with Gasteiger partial charge in [-0.15, -0.1) is 0 Å². The van der Waals surface area contributed by atoms with Gasteiger partial charge in [0.05, 0.1) is 0 Å². The van der Waals surface area contributed by atoms with E-state index in [9.17, 15) is 4.79 Å². The van der Waals surface area contributed by atoms with E-state index in [2.05, 4.69) is 4.74 Å². The van der Waals surface area contributed by atoms with E-state index >= 15 is 0 Å². The van der Waals surface area contributed by atoms with Crippen LogP contribution in [0.5, 0.6) is 0 Å². The maximum Gasteiger partial charge on any atom is 0.264 e. The van der Waals surface area contributed by atoms with Crippen LogP contribution in [0.25, 0.3) is 0 Å². The Kier molecular flexibility index (Phi) is 3.14. The molecule has 0 aliphatic rings. The Bertz CT molecular complexity index is 82.1. The first-order chi connectivity index (χ1) is 3.63. The molecule has 1 radical (unpaired) electrons. The first-order valence-corrected chi connectivity index (χ1v) is 2.24. The number of hydrogen-bond acceptors (Lipinski definition) is 3. The number of rotatable bonds is 3. The number of carbonyl (C=O) groups excluding carboxylic acids is 1. The minimum Gasteiger partial charge on any atom is -0.354 e. The van der Waals surface area contributed by atoms with Gasteiger partial charge in [0.15, 0.2) is 0 Å². The zero-order valence-electron chi connectivity index (χ0n) is 4.68. The standard InChI is InChI=1S/C4H9N2O2/c1-3(5)8-2-4(6)7/h3,6H,2,5H2,1H3. The predicted octanol–water partition coefficient (Wildman–Crippen LogP) is -0.883. The average Bonchev–Trinajstić information content (AvgIpc) is 1.61. The number of carbonyl (C=O) groups is 1. The summed E-state index contributed by atoms with van der Waals surface area (Å²) in [6.07, 6.45) is -0.454. The second-order valence-corrected chi connectivity index (χ2v) is 1.44. The molecular weight excluding hydrogens is 108 g/mol. The Morgan fingerprint density at radius 3 is 2.62 bits per heavy atom. The molecule has 0 saturated heterocycles. The molecule has 0 aromatic carbocycles. The molecule has 8 heavy (non-hydrogen) atoms. The number of hydrogen-bond donors (Lipinski definition) is 1. The lowest BCUT2D eigenvalue weighted by Crippen LogP contribution is -2.23. The van der Waals surface area contributed by atoms with Crippen LogP contribution in [0.4, 0.5) is 0 Å². The highest BCUT2D eigenvalue weighted by molar-refractivity contribution is 5.74. The van der Waals surface area contributed by atoms with Gasteiger partial charge in [-0.25, -0.2) is 0 Å². The fourth-order valence-corrected chi connectivity index (χ4v) is 0.207. The Balaban J connectivity index is 3.05. The molecule has 0 spiro atoms. The summed E-state index contributed by atoms with van der Waals surface area (Å²) in [6, 6.07) is 0. The van der Waals surface area contributed by atoms with E-state index in [0.29, 0.717) is 0 Å². The molecule has 0 fully saturated rings. The highest BCUT2D eigenvalue weighted by Gasteiger charge is 1.96. The maximum atomic E-state index is 9.83. The zero-order chi connectivity index (χ0) is 6.57. The van der Waals surface area contributed by atoms with Crippen LogP contribution in [0.2, 0.25) is 0 Å². The summed E-state index contributed by atoms with van der Waals surface area (Å²) in [5.74, 6) is -0.748. The third-order valence-electron chi connectivity index (χ3n) is 0.477. The Morgan fingerprint density at radius 2 is 2.50 bits per heavy atom. The van der Waals surface area contributed by atoms with E-state index in [1.165, 1.54) is 0 Å². The highest BCUT2D eigenvalue weighted by atomic mass is 16.5. The van der Waals surface area contributed by atoms with Gasteiger partial charge in [0.2, 0.25) is 0 Å². The van der Waals surface area contributed by atoms with Gasteiger partial charge in [0.1, 0.15) is 12.8 Å². The third-order valence-corrected chi connectivity index (χ3v) is 0.477. The van der Waals surface area contributed by atoms with Crippen molar-refractivity contribution in [1.82, 2.24) is 5.73 Å². The Labute approximate surface area is 47.8 Å². The number of nitrogens with one attached hydrogen (secondary N) is 1. The van der Waals surface area contributed by atoms with Crippen molar-refractivity contribution in [3.05, 3.63) is 0 Å². The van der Waals surface area contributed by atoms with Crippen LogP contribution in [-0.4, -0.2) is 18.7 Å². The van der Waals surface area contributed by atoms with Gasteiger partial charge in [-0.3, -0.25) is 10.5 Å². The van der Waals surface area contributed by atoms with Crippen LogP contribution in [0.15, 0.2) is 0 Å². The van der Waals surface area contributed by atoms with Gasteiger partial charge in [-0.05, 0) is 6.92 Å². The van der Waals surface area contributed by atoms with Crippen molar-refractivity contribution >= 4 is 5.91 Å². The molecule has 1 atom stereocenters. The van der Waals surface area contributed by atoms with Crippen LogP contribution in [-0.2, 0) is 9.53 Å². The molecule has 0 rings (SSSR count). The van der Waals surface area contributed by atoms with Gasteiger partial charge < -0.3 is 10.5 Å². The van der Waals surface area contributed by atoms with Crippen LogP contribution < -0.4 is 11.5 Å². The second-order valence-electron chi connectivity index (χ2n) is 1.44. The molecule has 1 unspecified atom stereocenters. The Morgan fingerprint density at radius 1 is 2.00 bits per heavy atom. The van der Waals surface area contributed by atoms with Gasteiger partial charge in [-0.2, -0.15) is 0 Å². The molecule has 4 nitrogen and oxygen atoms in total. The smallest absolute Gasteiger partial charge is 0.264 e. The fourth-order valence-electron chi connectivity index (χ4n) is 0.207. The monoisotopic (exact) mass is 117 g/mol. The third kappa shape index (κ3) is 5.39. The maximum absolute atomic E-state index is 9.83. The van der Waals surface area contributed by atoms with Crippen molar-refractivity contribution in [3.63, 3.8) is 0 Å². The normalized spacial score (nSPS) is 13.2. The molecule has 0 heterocycles. The summed E-state index contributed by atoms with van der Waals surface area (Å²) >= 11 is 0. The lowest BCUT2D eigenvalue weighted by Gasteiger charge is -2.02. The molecule has 0 aromatic rings. The van der Waals surface area contributed by atoms with E-state index in [1.54, 1.807) is 6.92 Å². The van der Waals surface area contributed by atoms with Crippen LogP contribution in [0.3, 0.4) is 0 Å². The van der Waals surface area contributed by atoms with Crippen LogP contribution >= 0.6 is 0 Å². The Hall–Kier alpha value is -0.610. The van der Waals surface area contributed by atoms with E-state index in [-0.39, 0.29) is 6.61 Å². The summed E-state index contributed by atoms with van der Waals surface area (Å²) in [5.41, 5.74) is 11.4. The second kappa shape index (κ2) is 3.40. The lowest BCUT2D eigenvalue weighted by molar-refractivity contribution is -0.124. The van der Waals surface area contributed by atoms with Gasteiger partial charge >= 0.3 is 0 Å². The molecule has 0 bridgehead atoms. The molecule has 0 saturated carbocycles. The van der Waals surface area contributed by atoms with E-state index < -0.39 is 12.1 Å². The van der Waals surface area contributed by atoms with Crippen molar-refractivity contribution in [1.29, 1.82) is 0 Å². The van der Waals surface area contributed by atoms with Gasteiger partial charge in [0.25, 0.3) is 5.91 Å². The zero-order valence-corrected chi connectivity index (χ0v) is 4.68. The quantitative estimate of drug-likeness (QED) is 0.487. The largest absolute Gasteiger partial charge is 0.354 e. The molecule has 0 aliphatic carbocycles. The SMILES string of the molecule is CC(N)OCC([NH])=O. The van der Waals surface area contributed by atoms with E-state index in [1.807, 2.05) is 0 Å². The van der Waals surface area contributed by atoms with Crippen LogP contribution in [0, 0.1) is 0 Å². The lowest BCUT2D eigenvalue weighted by atomic mass is 10.6. The van der Waals surface area contributed by atoms with Crippen molar-refractivity contribution in [3.8, 4) is 0 Å². The van der Waals surface area contributed by atoms with Crippen molar-refractivity contribution in [2.75, 3.05) is 6.61 Å². The summed E-state index contributed by atoms with van der Waals surface area (Å²) in [5, 5.41) is 0. The molecule has 1 amide bonds. The van der Waals surface area contributed by atoms with Gasteiger partial charge in [-0.1, -0.05) is 0 Å². The molecule has 0 aliphatic heterocycles. The summed E-state index contributed by atoms with van der Waals surface area (Å²) in [7, 11) is 0. The average molecular weight is 117 g/mol. The fraction of sp³-hybridized carbons (Fsp3) is 0.750. The van der Waals surface area contributed by atoms with Crippen molar-refractivity contribution in [2.24, 2.45) is 5.73 Å². The predicted molar refractivity (Wildman–Crippen MR) is 27.7 cm³/mol. The van der Waals surface area contributed by atoms with Crippen molar-refractivity contribution < 1.29 is 9.53 Å². The van der Waals surface area contributed by atoms with E-state index in [0.717, 1.165) is 0 Å². The topological polar surface area (TPSA) is 76.1 Å². The summed E-state index contributed by atoms with van der Waals surface area (Å²) in [6.45, 7) is 1.39. The molecule has 47 valence electrons. The minimum absolute atomic E-state index is 0.211. The molecule has 4 heteroatoms. The number of ether oxygens (including phenoxy) is 1. The molecule has 0 aromatic heterocycles. The van der Waals surface area contributed by atoms with Gasteiger partial charge in [0, 0.05) is 0 Å². The summed E-state index contributed by atoms with van der Waals surface area (Å²) < 4.78 is 4.54. The highest BCUT2D eigenvalue weighted by Crippen LogP contribution is 1.77. The minimum atomic E-state index is -0.748. The molecular formula is C4H9N2O2. The van der Waals surface area contributed by atoms with E-state index in [4.69, 9.17) is 11.5 Å². The molecule has 3 N–H and O–H groups in total. The number of nitrogens with two attached hydrogens (primary N) is 1. The van der Waals surface area contributed by atoms with Crippen LogP contribution in [0.1, 0.15) is 6.92 Å². The first kappa shape index (κ1) is 7.39.